The van der Waals surface area contributed by atoms with Crippen LogP contribution < -0.4 is 16.0 Å². The highest BCUT2D eigenvalue weighted by molar-refractivity contribution is 9.10. The molecule has 2 aromatic heterocycles. The van der Waals surface area contributed by atoms with Gasteiger partial charge in [-0.15, -0.1) is 0 Å². The van der Waals surface area contributed by atoms with Gasteiger partial charge in [-0.1, -0.05) is 0 Å². The Balaban J connectivity index is 2.05. The van der Waals surface area contributed by atoms with E-state index in [0.29, 0.717) is 22.3 Å². The summed E-state index contributed by atoms with van der Waals surface area (Å²) in [7, 11) is 0. The fraction of sp³-hybridized carbons (Fsp3) is 0. The lowest BCUT2D eigenvalue weighted by atomic mass is 10.2. The van der Waals surface area contributed by atoms with E-state index in [1.165, 1.54) is 6.20 Å². The summed E-state index contributed by atoms with van der Waals surface area (Å²) in [6.45, 7) is 0. The van der Waals surface area contributed by atoms with Crippen LogP contribution in [0.25, 0.3) is 10.9 Å². The Morgan fingerprint density at radius 2 is 2.10 bits per heavy atom. The van der Waals surface area contributed by atoms with Crippen molar-refractivity contribution in [3.63, 3.8) is 0 Å². The molecule has 0 spiro atoms. The number of nitrogens with two attached hydrogens (primary N) is 1. The molecule has 0 saturated heterocycles. The van der Waals surface area contributed by atoms with Gasteiger partial charge >= 0.3 is 6.01 Å². The van der Waals surface area contributed by atoms with Crippen molar-refractivity contribution in [1.82, 2.24) is 15.0 Å². The molecular weight excluding hydrogens is 324 g/mol. The Morgan fingerprint density at radius 3 is 2.90 bits per heavy atom. The van der Waals surface area contributed by atoms with Gasteiger partial charge < -0.3 is 10.5 Å². The lowest BCUT2D eigenvalue weighted by Crippen LogP contribution is -2.09. The van der Waals surface area contributed by atoms with Crippen LogP contribution in [0.5, 0.6) is 11.8 Å². The number of aromatic nitrogens is 3. The first-order chi connectivity index (χ1) is 9.61. The van der Waals surface area contributed by atoms with Crippen molar-refractivity contribution in [2.24, 2.45) is 0 Å². The third kappa shape index (κ3) is 2.48. The van der Waals surface area contributed by atoms with Crippen molar-refractivity contribution in [3.8, 4) is 11.8 Å². The largest absolute Gasteiger partial charge is 0.424 e. The number of aromatic amines is 1. The number of halogens is 1. The molecule has 20 heavy (non-hydrogen) atoms. The molecule has 0 bridgehead atoms. The summed E-state index contributed by atoms with van der Waals surface area (Å²) in [4.78, 5) is 22.7. The minimum atomic E-state index is -0.305. The third-order valence-electron chi connectivity index (χ3n) is 2.60. The molecule has 0 aliphatic rings. The molecular formula is C13H9BrN4O2. The number of H-pyrrole nitrogens is 1. The highest BCUT2D eigenvalue weighted by Gasteiger charge is 2.06. The van der Waals surface area contributed by atoms with E-state index in [9.17, 15) is 4.79 Å². The normalized spacial score (nSPS) is 10.7. The van der Waals surface area contributed by atoms with Gasteiger partial charge in [-0.3, -0.25) is 14.8 Å². The van der Waals surface area contributed by atoms with Gasteiger partial charge in [0.05, 0.1) is 17.1 Å². The molecule has 3 N–H and O–H groups in total. The summed E-state index contributed by atoms with van der Waals surface area (Å²) in [6, 6.07) is 6.75. The number of rotatable bonds is 2. The molecule has 0 atom stereocenters. The highest BCUT2D eigenvalue weighted by atomic mass is 79.9. The maximum Gasteiger partial charge on any atom is 0.302 e. The summed E-state index contributed by atoms with van der Waals surface area (Å²) >= 11 is 3.29. The number of benzene rings is 1. The molecule has 0 fully saturated rings. The molecule has 0 radical (unpaired) electrons. The number of nitrogen functional groups attached to an aromatic ring is 1. The topological polar surface area (TPSA) is 93.9 Å². The molecule has 0 aliphatic carbocycles. The molecule has 7 heteroatoms. The van der Waals surface area contributed by atoms with Gasteiger partial charge in [0.15, 0.2) is 0 Å². The van der Waals surface area contributed by atoms with Crippen LogP contribution in [-0.4, -0.2) is 15.0 Å². The molecule has 100 valence electrons. The Bertz CT molecular complexity index is 847. The highest BCUT2D eigenvalue weighted by Crippen LogP contribution is 2.21. The van der Waals surface area contributed by atoms with Gasteiger partial charge in [0.1, 0.15) is 5.75 Å². The summed E-state index contributed by atoms with van der Waals surface area (Å²) < 4.78 is 6.26. The number of hydrogen-bond donors (Lipinski definition) is 2. The van der Waals surface area contributed by atoms with Crippen LogP contribution in [0.3, 0.4) is 0 Å². The minimum Gasteiger partial charge on any atom is -0.424 e. The van der Waals surface area contributed by atoms with Gasteiger partial charge in [-0.05, 0) is 40.2 Å². The van der Waals surface area contributed by atoms with E-state index in [2.05, 4.69) is 30.9 Å². The summed E-state index contributed by atoms with van der Waals surface area (Å²) in [5.74, 6) is 0.470. The Labute approximate surface area is 121 Å². The average molecular weight is 333 g/mol. The van der Waals surface area contributed by atoms with Gasteiger partial charge in [0.2, 0.25) is 0 Å². The van der Waals surface area contributed by atoms with Crippen LogP contribution in [0.1, 0.15) is 0 Å². The van der Waals surface area contributed by atoms with Crippen molar-refractivity contribution in [2.75, 3.05) is 5.73 Å². The zero-order chi connectivity index (χ0) is 14.1. The van der Waals surface area contributed by atoms with Crippen molar-refractivity contribution in [2.45, 2.75) is 0 Å². The maximum atomic E-state index is 12.0. The Kier molecular flexibility index (Phi) is 3.11. The van der Waals surface area contributed by atoms with Crippen LogP contribution in [0.15, 0.2) is 45.9 Å². The fourth-order valence-corrected chi connectivity index (χ4v) is 2.09. The van der Waals surface area contributed by atoms with Crippen molar-refractivity contribution in [3.05, 3.63) is 51.5 Å². The van der Waals surface area contributed by atoms with Crippen LogP contribution in [0.4, 0.5) is 5.69 Å². The first-order valence-electron chi connectivity index (χ1n) is 5.70. The second-order valence-corrected chi connectivity index (χ2v) is 5.00. The smallest absolute Gasteiger partial charge is 0.302 e. The van der Waals surface area contributed by atoms with E-state index in [-0.39, 0.29) is 11.6 Å². The van der Waals surface area contributed by atoms with Crippen molar-refractivity contribution >= 4 is 32.5 Å². The van der Waals surface area contributed by atoms with Gasteiger partial charge in [-0.25, -0.2) is 0 Å². The molecule has 0 aliphatic heterocycles. The summed E-state index contributed by atoms with van der Waals surface area (Å²) in [6.07, 6.45) is 3.16. The van der Waals surface area contributed by atoms with Crippen LogP contribution >= 0.6 is 15.9 Å². The molecule has 0 amide bonds. The average Bonchev–Trinajstić information content (AvgIpc) is 2.40. The summed E-state index contributed by atoms with van der Waals surface area (Å²) in [5, 5.41) is 0.421. The number of nitrogens with zero attached hydrogens (tertiary/aromatic N) is 2. The number of pyridine rings is 1. The van der Waals surface area contributed by atoms with E-state index in [4.69, 9.17) is 10.5 Å². The minimum absolute atomic E-state index is 0.104. The quantitative estimate of drug-likeness (QED) is 0.703. The number of fused-ring (bicyclic) bond motifs is 1. The van der Waals surface area contributed by atoms with Gasteiger partial charge in [0.25, 0.3) is 5.56 Å². The fourth-order valence-electron chi connectivity index (χ4n) is 1.74. The molecule has 6 nitrogen and oxygen atoms in total. The zero-order valence-electron chi connectivity index (χ0n) is 10.1. The molecule has 0 saturated carbocycles. The first kappa shape index (κ1) is 12.6. The summed E-state index contributed by atoms with van der Waals surface area (Å²) in [5.41, 5.74) is 6.36. The SMILES string of the molecule is Nc1ccc2nc(Oc3cncc(Br)c3)[nH]c(=O)c2c1. The van der Waals surface area contributed by atoms with Gasteiger partial charge in [-0.2, -0.15) is 4.98 Å². The third-order valence-corrected chi connectivity index (χ3v) is 3.04. The van der Waals surface area contributed by atoms with Crippen LogP contribution in [0.2, 0.25) is 0 Å². The second kappa shape index (κ2) is 4.93. The lowest BCUT2D eigenvalue weighted by molar-refractivity contribution is 0.440. The molecule has 1 aromatic carbocycles. The Morgan fingerprint density at radius 1 is 1.25 bits per heavy atom. The van der Waals surface area contributed by atoms with Crippen LogP contribution in [-0.2, 0) is 0 Å². The predicted molar refractivity (Wildman–Crippen MR) is 78.8 cm³/mol. The lowest BCUT2D eigenvalue weighted by Gasteiger charge is -2.05. The molecule has 0 unspecified atom stereocenters. The van der Waals surface area contributed by atoms with E-state index < -0.39 is 0 Å². The van der Waals surface area contributed by atoms with Crippen molar-refractivity contribution < 1.29 is 4.74 Å². The van der Waals surface area contributed by atoms with E-state index >= 15 is 0 Å². The second-order valence-electron chi connectivity index (χ2n) is 4.09. The standard InChI is InChI=1S/C13H9BrN4O2/c14-7-3-9(6-16-5-7)20-13-17-11-2-1-8(15)4-10(11)12(19)18-13/h1-6H,15H2,(H,17,18,19). The van der Waals surface area contributed by atoms with Crippen LogP contribution in [0, 0.1) is 0 Å². The van der Waals surface area contributed by atoms with Gasteiger partial charge in [0, 0.05) is 16.4 Å². The number of anilines is 1. The number of nitrogens with one attached hydrogen (secondary N) is 1. The van der Waals surface area contributed by atoms with Crippen molar-refractivity contribution in [1.29, 1.82) is 0 Å². The van der Waals surface area contributed by atoms with E-state index in [1.54, 1.807) is 30.5 Å². The molecule has 2 heterocycles. The van der Waals surface area contributed by atoms with E-state index in [0.717, 1.165) is 4.47 Å². The molecule has 3 aromatic rings. The van der Waals surface area contributed by atoms with E-state index in [1.807, 2.05) is 0 Å². The monoisotopic (exact) mass is 332 g/mol. The number of hydrogen-bond acceptors (Lipinski definition) is 5. The molecule has 3 rings (SSSR count). The number of ether oxygens (including phenoxy) is 1. The predicted octanol–water partition coefficient (Wildman–Crippen LogP) is 2.46. The first-order valence-corrected chi connectivity index (χ1v) is 6.49. The Hall–Kier alpha value is -2.41. The maximum absolute atomic E-state index is 12.0. The zero-order valence-corrected chi connectivity index (χ0v) is 11.7.